The first-order valence-corrected chi connectivity index (χ1v) is 8.70. The van der Waals surface area contributed by atoms with Gasteiger partial charge >= 0.3 is 0 Å². The Balaban J connectivity index is 1.35. The molecule has 0 bridgehead atoms. The number of nitrogens with one attached hydrogen (secondary N) is 2. The van der Waals surface area contributed by atoms with Crippen LogP contribution in [0.3, 0.4) is 0 Å². The second-order valence-electron chi connectivity index (χ2n) is 6.47. The van der Waals surface area contributed by atoms with Gasteiger partial charge in [0.15, 0.2) is 0 Å². The van der Waals surface area contributed by atoms with E-state index in [9.17, 15) is 9.59 Å². The van der Waals surface area contributed by atoms with Crippen molar-refractivity contribution >= 4 is 17.5 Å². The van der Waals surface area contributed by atoms with Crippen molar-refractivity contribution in [3.63, 3.8) is 0 Å². The first-order valence-electron chi connectivity index (χ1n) is 8.70. The average Bonchev–Trinajstić information content (AvgIpc) is 3.32. The number of aromatic nitrogens is 4. The smallest absolute Gasteiger partial charge is 0.255 e. The molecular formula is C19H18N6O2. The van der Waals surface area contributed by atoms with Crippen LogP contribution in [0.4, 0.5) is 5.69 Å². The van der Waals surface area contributed by atoms with E-state index in [-0.39, 0.29) is 11.8 Å². The van der Waals surface area contributed by atoms with Crippen molar-refractivity contribution in [2.45, 2.75) is 25.3 Å². The van der Waals surface area contributed by atoms with E-state index in [1.807, 2.05) is 12.1 Å². The van der Waals surface area contributed by atoms with Gasteiger partial charge in [-0.1, -0.05) is 12.1 Å². The predicted octanol–water partition coefficient (Wildman–Crippen LogP) is 1.74. The van der Waals surface area contributed by atoms with E-state index in [2.05, 4.69) is 26.2 Å². The number of rotatable bonds is 6. The molecule has 3 aromatic rings. The third-order valence-corrected chi connectivity index (χ3v) is 4.26. The summed E-state index contributed by atoms with van der Waals surface area (Å²) in [5.74, 6) is -0.172. The maximum absolute atomic E-state index is 12.4. The van der Waals surface area contributed by atoms with Gasteiger partial charge < -0.3 is 10.6 Å². The summed E-state index contributed by atoms with van der Waals surface area (Å²) in [5, 5.41) is 16.8. The molecule has 2 N–H and O–H groups in total. The quantitative estimate of drug-likeness (QED) is 0.695. The van der Waals surface area contributed by atoms with E-state index in [0.29, 0.717) is 23.7 Å². The molecule has 1 saturated carbocycles. The van der Waals surface area contributed by atoms with E-state index in [0.717, 1.165) is 24.1 Å². The van der Waals surface area contributed by atoms with Crippen LogP contribution in [0, 0.1) is 0 Å². The highest BCUT2D eigenvalue weighted by molar-refractivity contribution is 6.04. The van der Waals surface area contributed by atoms with Gasteiger partial charge in [-0.15, -0.1) is 5.10 Å². The summed E-state index contributed by atoms with van der Waals surface area (Å²) in [7, 11) is 0. The molecule has 0 unspecified atom stereocenters. The minimum absolute atomic E-state index is 0.0388. The van der Waals surface area contributed by atoms with E-state index in [1.54, 1.807) is 36.4 Å². The molecule has 1 heterocycles. The van der Waals surface area contributed by atoms with Crippen molar-refractivity contribution in [1.82, 2.24) is 25.5 Å². The van der Waals surface area contributed by atoms with Gasteiger partial charge in [-0.05, 0) is 65.2 Å². The monoisotopic (exact) mass is 362 g/mol. The van der Waals surface area contributed by atoms with Crippen molar-refractivity contribution < 1.29 is 9.59 Å². The van der Waals surface area contributed by atoms with Gasteiger partial charge in [-0.2, -0.15) is 0 Å². The Kier molecular flexibility index (Phi) is 4.61. The van der Waals surface area contributed by atoms with Gasteiger partial charge in [0, 0.05) is 17.3 Å². The normalized spacial score (nSPS) is 13.2. The lowest BCUT2D eigenvalue weighted by atomic mass is 10.1. The molecular weight excluding hydrogens is 344 g/mol. The second-order valence-corrected chi connectivity index (χ2v) is 6.47. The van der Waals surface area contributed by atoms with Gasteiger partial charge in [0.05, 0.1) is 12.1 Å². The lowest BCUT2D eigenvalue weighted by Crippen LogP contribution is -2.26. The molecule has 1 fully saturated rings. The number of benzene rings is 2. The molecule has 1 aliphatic rings. The third kappa shape index (κ3) is 4.35. The molecule has 27 heavy (non-hydrogen) atoms. The van der Waals surface area contributed by atoms with Crippen LogP contribution in [-0.2, 0) is 11.2 Å². The Bertz CT molecular complexity index is 931. The van der Waals surface area contributed by atoms with Crippen molar-refractivity contribution in [3.05, 3.63) is 66.0 Å². The molecule has 8 heteroatoms. The molecule has 0 atom stereocenters. The van der Waals surface area contributed by atoms with Crippen molar-refractivity contribution in [1.29, 1.82) is 0 Å². The molecule has 1 aliphatic carbocycles. The fourth-order valence-electron chi connectivity index (χ4n) is 2.65. The number of amides is 2. The zero-order valence-electron chi connectivity index (χ0n) is 14.5. The number of hydrogen-bond donors (Lipinski definition) is 2. The molecule has 2 aromatic carbocycles. The molecule has 1 aromatic heterocycles. The SMILES string of the molecule is O=C(Cc1ccc(NC(=O)c2ccc(-n3cnnn3)cc2)cc1)NC1CC1. The van der Waals surface area contributed by atoms with Crippen molar-refractivity contribution in [2.75, 3.05) is 5.32 Å². The van der Waals surface area contributed by atoms with Crippen LogP contribution in [0.5, 0.6) is 0 Å². The molecule has 136 valence electrons. The first-order chi connectivity index (χ1) is 13.2. The van der Waals surface area contributed by atoms with Gasteiger partial charge in [0.25, 0.3) is 5.91 Å². The van der Waals surface area contributed by atoms with Crippen LogP contribution < -0.4 is 10.6 Å². The van der Waals surface area contributed by atoms with Crippen LogP contribution >= 0.6 is 0 Å². The van der Waals surface area contributed by atoms with Crippen molar-refractivity contribution in [2.24, 2.45) is 0 Å². The molecule has 8 nitrogen and oxygen atoms in total. The zero-order valence-corrected chi connectivity index (χ0v) is 14.5. The van der Waals surface area contributed by atoms with Crippen LogP contribution in [0.15, 0.2) is 54.9 Å². The number of tetrazole rings is 1. The van der Waals surface area contributed by atoms with Crippen LogP contribution in [0.1, 0.15) is 28.8 Å². The van der Waals surface area contributed by atoms with E-state index >= 15 is 0 Å². The van der Waals surface area contributed by atoms with E-state index < -0.39 is 0 Å². The Morgan fingerprint density at radius 3 is 2.41 bits per heavy atom. The maximum Gasteiger partial charge on any atom is 0.255 e. The minimum atomic E-state index is -0.211. The zero-order chi connectivity index (χ0) is 18.6. The first kappa shape index (κ1) is 16.9. The molecule has 4 rings (SSSR count). The largest absolute Gasteiger partial charge is 0.353 e. The molecule has 2 amide bonds. The van der Waals surface area contributed by atoms with Crippen molar-refractivity contribution in [3.8, 4) is 5.69 Å². The fraction of sp³-hybridized carbons (Fsp3) is 0.211. The molecule has 0 spiro atoms. The summed E-state index contributed by atoms with van der Waals surface area (Å²) < 4.78 is 1.51. The summed E-state index contributed by atoms with van der Waals surface area (Å²) in [4.78, 5) is 24.2. The Morgan fingerprint density at radius 1 is 1.04 bits per heavy atom. The molecule has 0 saturated heterocycles. The molecule has 0 radical (unpaired) electrons. The van der Waals surface area contributed by atoms with E-state index in [1.165, 1.54) is 11.0 Å². The molecule has 0 aliphatic heterocycles. The van der Waals surface area contributed by atoms with Gasteiger partial charge in [-0.3, -0.25) is 9.59 Å². The summed E-state index contributed by atoms with van der Waals surface area (Å²) in [6, 6.07) is 14.6. The summed E-state index contributed by atoms with van der Waals surface area (Å²) in [6.45, 7) is 0. The standard InChI is InChI=1S/C19H18N6O2/c26-18(21-15-7-8-15)11-13-1-5-16(6-2-13)22-19(27)14-3-9-17(10-4-14)25-12-20-23-24-25/h1-6,9-10,12,15H,7-8,11H2,(H,21,26)(H,22,27). The number of carbonyl (C=O) groups excluding carboxylic acids is 2. The topological polar surface area (TPSA) is 102 Å². The highest BCUT2D eigenvalue weighted by Crippen LogP contribution is 2.19. The number of anilines is 1. The number of nitrogens with zero attached hydrogens (tertiary/aromatic N) is 4. The summed E-state index contributed by atoms with van der Waals surface area (Å²) in [5.41, 5.74) is 2.89. The van der Waals surface area contributed by atoms with Crippen LogP contribution in [0.25, 0.3) is 5.69 Å². The number of hydrogen-bond acceptors (Lipinski definition) is 5. The fourth-order valence-corrected chi connectivity index (χ4v) is 2.65. The highest BCUT2D eigenvalue weighted by Gasteiger charge is 2.23. The lowest BCUT2D eigenvalue weighted by Gasteiger charge is -2.08. The lowest BCUT2D eigenvalue weighted by molar-refractivity contribution is -0.120. The third-order valence-electron chi connectivity index (χ3n) is 4.26. The second kappa shape index (κ2) is 7.36. The Morgan fingerprint density at radius 2 is 1.78 bits per heavy atom. The number of carbonyl (C=O) groups is 2. The summed E-state index contributed by atoms with van der Waals surface area (Å²) in [6.07, 6.45) is 3.99. The minimum Gasteiger partial charge on any atom is -0.353 e. The van der Waals surface area contributed by atoms with Gasteiger partial charge in [-0.25, -0.2) is 4.68 Å². The van der Waals surface area contributed by atoms with E-state index in [4.69, 9.17) is 0 Å². The van der Waals surface area contributed by atoms with Gasteiger partial charge in [0.1, 0.15) is 6.33 Å². The highest BCUT2D eigenvalue weighted by atomic mass is 16.2. The average molecular weight is 362 g/mol. The predicted molar refractivity (Wildman–Crippen MR) is 98.4 cm³/mol. The Hall–Kier alpha value is -3.55. The van der Waals surface area contributed by atoms with Crippen LogP contribution in [-0.4, -0.2) is 38.1 Å². The van der Waals surface area contributed by atoms with Crippen LogP contribution in [0.2, 0.25) is 0 Å². The maximum atomic E-state index is 12.4. The Labute approximate surface area is 155 Å². The van der Waals surface area contributed by atoms with Gasteiger partial charge in [0.2, 0.25) is 5.91 Å². The summed E-state index contributed by atoms with van der Waals surface area (Å²) >= 11 is 0.